The smallest absolute Gasteiger partial charge is 0.235 e. The first kappa shape index (κ1) is 15.3. The zero-order valence-electron chi connectivity index (χ0n) is 12.5. The fraction of sp³-hybridized carbons (Fsp3) is 0.600. The predicted molar refractivity (Wildman–Crippen MR) is 83.4 cm³/mol. The molecule has 1 aromatic rings. The maximum Gasteiger partial charge on any atom is 0.235 e. The van der Waals surface area contributed by atoms with Gasteiger partial charge in [0.25, 0.3) is 0 Å². The van der Waals surface area contributed by atoms with Gasteiger partial charge in [0.15, 0.2) is 0 Å². The largest absolute Gasteiger partial charge is 0.310 e. The molecular formula is C15H24N2O2S. The summed E-state index contributed by atoms with van der Waals surface area (Å²) in [6.07, 6.45) is 0.822. The molecule has 112 valence electrons. The molecule has 1 heterocycles. The van der Waals surface area contributed by atoms with Crippen LogP contribution in [0.5, 0.6) is 0 Å². The second kappa shape index (κ2) is 6.14. The van der Waals surface area contributed by atoms with Gasteiger partial charge in [-0.2, -0.15) is 0 Å². The van der Waals surface area contributed by atoms with E-state index in [0.717, 1.165) is 24.2 Å². The molecule has 0 aliphatic carbocycles. The summed E-state index contributed by atoms with van der Waals surface area (Å²) in [7, 11) is -3.23. The first-order valence-electron chi connectivity index (χ1n) is 7.28. The summed E-state index contributed by atoms with van der Waals surface area (Å²) in [6, 6.07) is 8.07. The van der Waals surface area contributed by atoms with Crippen LogP contribution in [-0.4, -0.2) is 27.3 Å². The van der Waals surface area contributed by atoms with Gasteiger partial charge >= 0.3 is 0 Å². The molecule has 1 unspecified atom stereocenters. The van der Waals surface area contributed by atoms with E-state index in [-0.39, 0.29) is 17.7 Å². The summed E-state index contributed by atoms with van der Waals surface area (Å²) < 4.78 is 26.7. The lowest BCUT2D eigenvalue weighted by atomic mass is 9.98. The van der Waals surface area contributed by atoms with E-state index in [2.05, 4.69) is 12.2 Å². The van der Waals surface area contributed by atoms with Crippen LogP contribution in [0.2, 0.25) is 0 Å². The molecule has 1 aliphatic heterocycles. The minimum Gasteiger partial charge on any atom is -0.310 e. The van der Waals surface area contributed by atoms with Crippen molar-refractivity contribution in [3.8, 4) is 0 Å². The minimum absolute atomic E-state index is 0.138. The molecule has 1 N–H and O–H groups in total. The van der Waals surface area contributed by atoms with Gasteiger partial charge in [0, 0.05) is 12.6 Å². The number of hydrogen-bond acceptors (Lipinski definition) is 3. The minimum atomic E-state index is -3.23. The van der Waals surface area contributed by atoms with E-state index in [9.17, 15) is 8.42 Å². The van der Waals surface area contributed by atoms with Crippen LogP contribution in [0.1, 0.15) is 38.8 Å². The van der Waals surface area contributed by atoms with Crippen molar-refractivity contribution in [3.05, 3.63) is 29.8 Å². The van der Waals surface area contributed by atoms with Crippen molar-refractivity contribution < 1.29 is 8.42 Å². The van der Waals surface area contributed by atoms with Crippen LogP contribution in [0.25, 0.3) is 0 Å². The van der Waals surface area contributed by atoms with Crippen LogP contribution in [0.15, 0.2) is 24.3 Å². The average Bonchev–Trinajstić information content (AvgIpc) is 2.37. The van der Waals surface area contributed by atoms with Crippen LogP contribution in [0.3, 0.4) is 0 Å². The number of hydrogen-bond donors (Lipinski definition) is 1. The van der Waals surface area contributed by atoms with Gasteiger partial charge in [-0.3, -0.25) is 4.31 Å². The highest BCUT2D eigenvalue weighted by Gasteiger charge is 2.31. The molecule has 4 nitrogen and oxygen atoms in total. The Morgan fingerprint density at radius 3 is 2.70 bits per heavy atom. The Kier molecular flexibility index (Phi) is 4.70. The van der Waals surface area contributed by atoms with Crippen molar-refractivity contribution in [1.82, 2.24) is 5.32 Å². The van der Waals surface area contributed by atoms with Gasteiger partial charge in [-0.25, -0.2) is 8.42 Å². The van der Waals surface area contributed by atoms with Crippen LogP contribution in [-0.2, 0) is 10.0 Å². The van der Waals surface area contributed by atoms with Crippen molar-refractivity contribution in [2.75, 3.05) is 23.1 Å². The Morgan fingerprint density at radius 1 is 1.35 bits per heavy atom. The third kappa shape index (κ3) is 3.15. The molecule has 0 radical (unpaired) electrons. The summed E-state index contributed by atoms with van der Waals surface area (Å²) in [4.78, 5) is 0. The Bertz CT molecular complexity index is 555. The van der Waals surface area contributed by atoms with Crippen molar-refractivity contribution in [2.45, 2.75) is 33.2 Å². The van der Waals surface area contributed by atoms with Crippen LogP contribution in [0, 0.1) is 5.92 Å². The monoisotopic (exact) mass is 296 g/mol. The second-order valence-electron chi connectivity index (χ2n) is 5.70. The maximum atomic E-state index is 12.5. The second-order valence-corrected chi connectivity index (χ2v) is 7.64. The Labute approximate surface area is 122 Å². The molecule has 1 aromatic carbocycles. The average molecular weight is 296 g/mol. The molecule has 0 amide bonds. The zero-order valence-corrected chi connectivity index (χ0v) is 13.3. The van der Waals surface area contributed by atoms with Crippen molar-refractivity contribution in [1.29, 1.82) is 0 Å². The molecule has 0 spiro atoms. The lowest BCUT2D eigenvalue weighted by Gasteiger charge is -2.35. The molecule has 0 aromatic heterocycles. The number of nitrogens with one attached hydrogen (secondary N) is 1. The van der Waals surface area contributed by atoms with Gasteiger partial charge < -0.3 is 5.32 Å². The van der Waals surface area contributed by atoms with Gasteiger partial charge in [0.1, 0.15) is 0 Å². The summed E-state index contributed by atoms with van der Waals surface area (Å²) in [6.45, 7) is 7.40. The number of para-hydroxylation sites is 1. The highest BCUT2D eigenvalue weighted by molar-refractivity contribution is 7.92. The van der Waals surface area contributed by atoms with Crippen LogP contribution >= 0.6 is 0 Å². The lowest BCUT2D eigenvalue weighted by molar-refractivity contribution is 0.500. The van der Waals surface area contributed by atoms with Gasteiger partial charge in [-0.15, -0.1) is 0 Å². The van der Waals surface area contributed by atoms with Crippen molar-refractivity contribution >= 4 is 15.7 Å². The molecule has 1 aliphatic rings. The Hall–Kier alpha value is -1.07. The molecular weight excluding hydrogens is 272 g/mol. The molecule has 5 heteroatoms. The highest BCUT2D eigenvalue weighted by Crippen LogP contribution is 2.35. The normalized spacial score (nSPS) is 19.2. The van der Waals surface area contributed by atoms with Gasteiger partial charge in [0.2, 0.25) is 10.0 Å². The number of nitrogens with zero attached hydrogens (tertiary/aromatic N) is 1. The molecule has 1 atom stereocenters. The third-order valence-electron chi connectivity index (χ3n) is 3.53. The van der Waals surface area contributed by atoms with E-state index in [0.29, 0.717) is 6.54 Å². The van der Waals surface area contributed by atoms with E-state index in [1.807, 2.05) is 38.1 Å². The van der Waals surface area contributed by atoms with Crippen LogP contribution < -0.4 is 9.62 Å². The number of benzene rings is 1. The van der Waals surface area contributed by atoms with E-state index in [1.54, 1.807) is 4.31 Å². The highest BCUT2D eigenvalue weighted by atomic mass is 32.2. The van der Waals surface area contributed by atoms with Crippen LogP contribution in [0.4, 0.5) is 5.69 Å². The first-order valence-corrected chi connectivity index (χ1v) is 8.89. The van der Waals surface area contributed by atoms with E-state index < -0.39 is 10.0 Å². The topological polar surface area (TPSA) is 49.4 Å². The van der Waals surface area contributed by atoms with Gasteiger partial charge in [0.05, 0.1) is 11.4 Å². The lowest BCUT2D eigenvalue weighted by Crippen LogP contribution is -2.41. The molecule has 0 fully saturated rings. The van der Waals surface area contributed by atoms with E-state index >= 15 is 0 Å². The van der Waals surface area contributed by atoms with E-state index in [4.69, 9.17) is 0 Å². The predicted octanol–water partition coefficient (Wildman–Crippen LogP) is 2.53. The number of fused-ring (bicyclic) bond motifs is 1. The van der Waals surface area contributed by atoms with Gasteiger partial charge in [-0.05, 0) is 30.5 Å². The third-order valence-corrected chi connectivity index (χ3v) is 5.67. The molecule has 2 rings (SSSR count). The Balaban J connectivity index is 2.36. The maximum absolute atomic E-state index is 12.5. The Morgan fingerprint density at radius 2 is 2.05 bits per heavy atom. The number of rotatable bonds is 5. The first-order chi connectivity index (χ1) is 9.45. The molecule has 0 bridgehead atoms. The number of sulfonamides is 1. The van der Waals surface area contributed by atoms with Crippen molar-refractivity contribution in [2.24, 2.45) is 5.92 Å². The molecule has 0 saturated carbocycles. The number of anilines is 1. The molecule has 0 saturated heterocycles. The van der Waals surface area contributed by atoms with Crippen molar-refractivity contribution in [3.63, 3.8) is 0 Å². The fourth-order valence-corrected chi connectivity index (χ4v) is 4.66. The van der Waals surface area contributed by atoms with E-state index in [1.165, 1.54) is 0 Å². The summed E-state index contributed by atoms with van der Waals surface area (Å²) in [5.41, 5.74) is 1.93. The quantitative estimate of drug-likeness (QED) is 0.908. The SMILES string of the molecule is CCNC1CCN(S(=O)(=O)CC(C)C)c2ccccc21. The van der Waals surface area contributed by atoms with Gasteiger partial charge in [-0.1, -0.05) is 39.0 Å². The summed E-state index contributed by atoms with van der Waals surface area (Å²) in [5.74, 6) is 0.339. The summed E-state index contributed by atoms with van der Waals surface area (Å²) in [5, 5.41) is 3.43. The molecule has 20 heavy (non-hydrogen) atoms. The standard InChI is InChI=1S/C15H24N2O2S/c1-4-16-14-9-10-17(20(18,19)11-12(2)3)15-8-6-5-7-13(14)15/h5-8,12,14,16H,4,9-11H2,1-3H3. The summed E-state index contributed by atoms with van der Waals surface area (Å²) >= 11 is 0. The zero-order chi connectivity index (χ0) is 14.8. The fourth-order valence-electron chi connectivity index (χ4n) is 2.79.